The zero-order valence-corrected chi connectivity index (χ0v) is 21.1. The molecule has 0 amide bonds. The van der Waals surface area contributed by atoms with Crippen molar-refractivity contribution in [1.82, 2.24) is 15.0 Å². The molecule has 0 atom stereocenters. The Balaban J connectivity index is 1.27. The number of aromatic nitrogens is 3. The summed E-state index contributed by atoms with van der Waals surface area (Å²) in [4.78, 5) is 18.4. The van der Waals surface area contributed by atoms with Crippen molar-refractivity contribution < 1.29 is 9.47 Å². The minimum atomic E-state index is 0.417. The highest BCUT2D eigenvalue weighted by molar-refractivity contribution is 6.30. The Labute approximate surface area is 216 Å². The average molecular weight is 508 g/mol. The Kier molecular flexibility index (Phi) is 7.66. The lowest BCUT2D eigenvalue weighted by Crippen LogP contribution is -2.25. The molecule has 0 unspecified atom stereocenters. The zero-order chi connectivity index (χ0) is 24.7. The van der Waals surface area contributed by atoms with Crippen LogP contribution in [0.2, 0.25) is 5.02 Å². The van der Waals surface area contributed by atoms with Crippen molar-refractivity contribution >= 4 is 35.7 Å². The average Bonchev–Trinajstić information content (AvgIpc) is 3.64. The van der Waals surface area contributed by atoms with Crippen molar-refractivity contribution in [1.29, 1.82) is 0 Å². The van der Waals surface area contributed by atoms with Gasteiger partial charge in [-0.3, -0.25) is 0 Å². The molecule has 2 aliphatic heterocycles. The summed E-state index contributed by atoms with van der Waals surface area (Å²) in [5.41, 5.74) is 4.87. The first-order chi connectivity index (χ1) is 17.7. The van der Waals surface area contributed by atoms with Crippen LogP contribution in [0, 0.1) is 0 Å². The van der Waals surface area contributed by atoms with Gasteiger partial charge in [0, 0.05) is 31.2 Å². The maximum Gasteiger partial charge on any atom is 0.250 e. The van der Waals surface area contributed by atoms with Gasteiger partial charge in [-0.1, -0.05) is 23.7 Å². The Hall–Kier alpha value is -3.59. The summed E-state index contributed by atoms with van der Waals surface area (Å²) in [6.45, 7) is 4.30. The van der Waals surface area contributed by atoms with Crippen molar-refractivity contribution in [2.45, 2.75) is 32.3 Å². The standard InChI is InChI=1S/C26H30ClN7O2/c1-35-23-16-20(8-11-22(23)36-18-19-6-9-21(27)10-7-19)17-28-32-24-29-25(33-12-2-3-13-33)31-26(30-24)34-14-4-5-15-34/h6-11,16-17H,2-5,12-15,18H2,1H3,(H,29,30,31,32)/b28-17-. The lowest BCUT2D eigenvalue weighted by molar-refractivity contribution is 0.284. The smallest absolute Gasteiger partial charge is 0.250 e. The van der Waals surface area contributed by atoms with Crippen LogP contribution in [0.3, 0.4) is 0 Å². The van der Waals surface area contributed by atoms with E-state index in [1.54, 1.807) is 13.3 Å². The molecule has 0 spiro atoms. The van der Waals surface area contributed by atoms with Gasteiger partial charge in [0.1, 0.15) is 6.61 Å². The van der Waals surface area contributed by atoms with Gasteiger partial charge in [0.2, 0.25) is 17.8 Å². The molecule has 2 aliphatic rings. The van der Waals surface area contributed by atoms with Gasteiger partial charge < -0.3 is 19.3 Å². The number of hydrogen-bond donors (Lipinski definition) is 1. The normalized spacial score (nSPS) is 15.6. The Morgan fingerprint density at radius 1 is 0.889 bits per heavy atom. The molecule has 3 heterocycles. The molecule has 188 valence electrons. The third kappa shape index (κ3) is 5.96. The van der Waals surface area contributed by atoms with E-state index in [1.165, 1.54) is 0 Å². The van der Waals surface area contributed by atoms with E-state index >= 15 is 0 Å². The third-order valence-electron chi connectivity index (χ3n) is 6.26. The molecule has 10 heteroatoms. The molecule has 0 radical (unpaired) electrons. The number of rotatable bonds is 9. The first-order valence-corrected chi connectivity index (χ1v) is 12.7. The number of hydrazone groups is 1. The number of methoxy groups -OCH3 is 1. The topological polar surface area (TPSA) is 88.0 Å². The van der Waals surface area contributed by atoms with Gasteiger partial charge in [0.25, 0.3) is 0 Å². The molecule has 2 saturated heterocycles. The molecule has 1 N–H and O–H groups in total. The zero-order valence-electron chi connectivity index (χ0n) is 20.4. The highest BCUT2D eigenvalue weighted by atomic mass is 35.5. The van der Waals surface area contributed by atoms with Crippen LogP contribution in [-0.4, -0.2) is 54.5 Å². The quantitative estimate of drug-likeness (QED) is 0.327. The van der Waals surface area contributed by atoms with E-state index in [4.69, 9.17) is 26.1 Å². The van der Waals surface area contributed by atoms with E-state index in [2.05, 4.69) is 30.3 Å². The summed E-state index contributed by atoms with van der Waals surface area (Å²) in [6.07, 6.45) is 6.35. The van der Waals surface area contributed by atoms with Gasteiger partial charge in [-0.05, 0) is 67.1 Å². The summed E-state index contributed by atoms with van der Waals surface area (Å²) in [7, 11) is 1.62. The van der Waals surface area contributed by atoms with E-state index in [1.807, 2.05) is 42.5 Å². The lowest BCUT2D eigenvalue weighted by atomic mass is 10.2. The fourth-order valence-corrected chi connectivity index (χ4v) is 4.44. The predicted octanol–water partition coefficient (Wildman–Crippen LogP) is 4.76. The summed E-state index contributed by atoms with van der Waals surface area (Å²) in [6, 6.07) is 13.2. The third-order valence-corrected chi connectivity index (χ3v) is 6.52. The molecule has 2 fully saturated rings. The molecular weight excluding hydrogens is 478 g/mol. The van der Waals surface area contributed by atoms with Crippen molar-refractivity contribution in [3.63, 3.8) is 0 Å². The highest BCUT2D eigenvalue weighted by Crippen LogP contribution is 2.29. The summed E-state index contributed by atoms with van der Waals surface area (Å²) >= 11 is 5.96. The van der Waals surface area contributed by atoms with Gasteiger partial charge in [0.05, 0.1) is 13.3 Å². The predicted molar refractivity (Wildman–Crippen MR) is 143 cm³/mol. The molecule has 3 aromatic rings. The Morgan fingerprint density at radius 2 is 1.53 bits per heavy atom. The number of ether oxygens (including phenoxy) is 2. The molecular formula is C26H30ClN7O2. The molecule has 1 aromatic heterocycles. The molecule has 5 rings (SSSR count). The lowest BCUT2D eigenvalue weighted by Gasteiger charge is -2.20. The monoisotopic (exact) mass is 507 g/mol. The number of anilines is 3. The molecule has 0 bridgehead atoms. The van der Waals surface area contributed by atoms with Gasteiger partial charge in [-0.25, -0.2) is 5.43 Å². The van der Waals surface area contributed by atoms with Crippen molar-refractivity contribution in [3.05, 3.63) is 58.6 Å². The van der Waals surface area contributed by atoms with Crippen LogP contribution in [0.1, 0.15) is 36.8 Å². The van der Waals surface area contributed by atoms with E-state index in [0.717, 1.165) is 63.0 Å². The van der Waals surface area contributed by atoms with Crippen molar-refractivity contribution in [3.8, 4) is 11.5 Å². The van der Waals surface area contributed by atoms with Crippen LogP contribution in [0.15, 0.2) is 47.6 Å². The van der Waals surface area contributed by atoms with Crippen LogP contribution in [0.25, 0.3) is 0 Å². The fourth-order valence-electron chi connectivity index (χ4n) is 4.31. The van der Waals surface area contributed by atoms with Crippen LogP contribution in [0.4, 0.5) is 17.8 Å². The highest BCUT2D eigenvalue weighted by Gasteiger charge is 2.21. The van der Waals surface area contributed by atoms with Crippen molar-refractivity contribution in [2.75, 3.05) is 48.5 Å². The van der Waals surface area contributed by atoms with Crippen LogP contribution in [-0.2, 0) is 6.61 Å². The van der Waals surface area contributed by atoms with Gasteiger partial charge in [-0.2, -0.15) is 20.1 Å². The number of nitrogens with zero attached hydrogens (tertiary/aromatic N) is 6. The fraction of sp³-hybridized carbons (Fsp3) is 0.385. The molecule has 36 heavy (non-hydrogen) atoms. The maximum absolute atomic E-state index is 5.96. The minimum Gasteiger partial charge on any atom is -0.493 e. The molecule has 0 aliphatic carbocycles. The van der Waals surface area contributed by atoms with E-state index in [9.17, 15) is 0 Å². The first-order valence-electron chi connectivity index (χ1n) is 12.3. The molecule has 9 nitrogen and oxygen atoms in total. The van der Waals surface area contributed by atoms with E-state index in [-0.39, 0.29) is 0 Å². The summed E-state index contributed by atoms with van der Waals surface area (Å²) in [5.74, 6) is 3.15. The van der Waals surface area contributed by atoms with Gasteiger partial charge in [-0.15, -0.1) is 0 Å². The van der Waals surface area contributed by atoms with E-state index in [0.29, 0.717) is 41.0 Å². The second kappa shape index (κ2) is 11.4. The Bertz CT molecular complexity index is 1160. The first kappa shape index (κ1) is 24.1. The number of halogens is 1. The van der Waals surface area contributed by atoms with Crippen molar-refractivity contribution in [2.24, 2.45) is 5.10 Å². The van der Waals surface area contributed by atoms with E-state index < -0.39 is 0 Å². The SMILES string of the molecule is COc1cc(/C=N\Nc2nc(N3CCCC3)nc(N3CCCC3)n2)ccc1OCc1ccc(Cl)cc1. The number of hydrogen-bond acceptors (Lipinski definition) is 9. The molecule has 0 saturated carbocycles. The minimum absolute atomic E-state index is 0.417. The van der Waals surface area contributed by atoms with Crippen LogP contribution >= 0.6 is 11.6 Å². The number of nitrogens with one attached hydrogen (secondary N) is 1. The second-order valence-corrected chi connectivity index (χ2v) is 9.28. The van der Waals surface area contributed by atoms with Crippen LogP contribution in [0.5, 0.6) is 11.5 Å². The summed E-state index contributed by atoms with van der Waals surface area (Å²) in [5, 5.41) is 5.08. The number of benzene rings is 2. The summed E-state index contributed by atoms with van der Waals surface area (Å²) < 4.78 is 11.5. The van der Waals surface area contributed by atoms with Gasteiger partial charge >= 0.3 is 0 Å². The largest absolute Gasteiger partial charge is 0.493 e. The maximum atomic E-state index is 5.96. The van der Waals surface area contributed by atoms with Crippen LogP contribution < -0.4 is 24.7 Å². The van der Waals surface area contributed by atoms with Gasteiger partial charge in [0.15, 0.2) is 11.5 Å². The molecule has 2 aromatic carbocycles. The second-order valence-electron chi connectivity index (χ2n) is 8.84. The Morgan fingerprint density at radius 3 is 2.14 bits per heavy atom.